The zero-order valence-corrected chi connectivity index (χ0v) is 15.6. The minimum absolute atomic E-state index is 0.0663. The molecule has 2 aliphatic rings. The molecule has 0 bridgehead atoms. The van der Waals surface area contributed by atoms with Crippen molar-refractivity contribution < 1.29 is 13.9 Å². The van der Waals surface area contributed by atoms with Crippen molar-refractivity contribution in [2.45, 2.75) is 32.1 Å². The van der Waals surface area contributed by atoms with E-state index in [2.05, 4.69) is 20.2 Å². The summed E-state index contributed by atoms with van der Waals surface area (Å²) in [6, 6.07) is 0. The van der Waals surface area contributed by atoms with E-state index in [9.17, 15) is 9.18 Å². The molecule has 1 aromatic rings. The lowest BCUT2D eigenvalue weighted by Crippen LogP contribution is -2.54. The van der Waals surface area contributed by atoms with Gasteiger partial charge in [0.2, 0.25) is 11.9 Å². The topological polar surface area (TPSA) is 70.6 Å². The molecule has 2 fully saturated rings. The van der Waals surface area contributed by atoms with Gasteiger partial charge in [-0.05, 0) is 25.7 Å². The first-order chi connectivity index (χ1) is 12.6. The minimum Gasteiger partial charge on any atom is -0.385 e. The van der Waals surface area contributed by atoms with E-state index in [1.54, 1.807) is 14.2 Å². The Bertz CT molecular complexity index is 644. The Morgan fingerprint density at radius 1 is 1.38 bits per heavy atom. The van der Waals surface area contributed by atoms with Gasteiger partial charge < -0.3 is 19.9 Å². The van der Waals surface area contributed by atoms with Crippen molar-refractivity contribution in [3.63, 3.8) is 0 Å². The van der Waals surface area contributed by atoms with Gasteiger partial charge in [-0.15, -0.1) is 0 Å². The number of aromatic nitrogens is 2. The normalized spacial score (nSPS) is 23.6. The van der Waals surface area contributed by atoms with E-state index in [0.717, 1.165) is 51.9 Å². The fraction of sp³-hybridized carbons (Fsp3) is 0.722. The summed E-state index contributed by atoms with van der Waals surface area (Å²) < 4.78 is 18.8. The number of ether oxygens (including phenoxy) is 1. The summed E-state index contributed by atoms with van der Waals surface area (Å²) in [5.74, 6) is 0.558. The van der Waals surface area contributed by atoms with Crippen LogP contribution in [0.5, 0.6) is 0 Å². The van der Waals surface area contributed by atoms with E-state index in [1.807, 2.05) is 4.90 Å². The zero-order valence-electron chi connectivity index (χ0n) is 15.6. The highest BCUT2D eigenvalue weighted by atomic mass is 19.1. The number of anilines is 2. The van der Waals surface area contributed by atoms with Crippen LogP contribution in [-0.2, 0) is 9.53 Å². The first-order valence-electron chi connectivity index (χ1n) is 9.29. The molecule has 8 heteroatoms. The van der Waals surface area contributed by atoms with Crippen molar-refractivity contribution >= 4 is 17.7 Å². The van der Waals surface area contributed by atoms with E-state index in [4.69, 9.17) is 4.74 Å². The lowest BCUT2D eigenvalue weighted by Gasteiger charge is -2.48. The number of piperidine rings is 2. The number of likely N-dealkylation sites (tertiary alicyclic amines) is 1. The second-order valence-corrected chi connectivity index (χ2v) is 7.30. The Labute approximate surface area is 153 Å². The van der Waals surface area contributed by atoms with Gasteiger partial charge in [0.05, 0.1) is 6.20 Å². The standard InChI is InChI=1S/C18H28FN5O2/c1-20-16-14(19)11-21-17(22-16)24-8-3-6-18(13-24)7-5-15(25)23(12-18)9-4-10-26-2/h11H,3-10,12-13H2,1-2H3,(H,20,21,22). The Balaban J connectivity index is 1.71. The van der Waals surface area contributed by atoms with Gasteiger partial charge in [0.15, 0.2) is 11.6 Å². The molecule has 1 amide bonds. The van der Waals surface area contributed by atoms with E-state index >= 15 is 0 Å². The molecule has 3 rings (SSSR count). The van der Waals surface area contributed by atoms with Gasteiger partial charge in [0.1, 0.15) is 0 Å². The number of methoxy groups -OCH3 is 1. The summed E-state index contributed by atoms with van der Waals surface area (Å²) in [4.78, 5) is 24.9. The maximum atomic E-state index is 13.7. The summed E-state index contributed by atoms with van der Waals surface area (Å²) in [6.07, 6.45) is 5.68. The fourth-order valence-electron chi connectivity index (χ4n) is 4.10. The predicted molar refractivity (Wildman–Crippen MR) is 97.7 cm³/mol. The van der Waals surface area contributed by atoms with E-state index in [0.29, 0.717) is 19.0 Å². The number of carbonyl (C=O) groups excluding carboxylic acids is 1. The Kier molecular flexibility index (Phi) is 5.90. The lowest BCUT2D eigenvalue weighted by atomic mass is 9.73. The van der Waals surface area contributed by atoms with E-state index < -0.39 is 5.82 Å². The van der Waals surface area contributed by atoms with Gasteiger partial charge >= 0.3 is 0 Å². The Morgan fingerprint density at radius 2 is 2.23 bits per heavy atom. The van der Waals surface area contributed by atoms with Crippen LogP contribution in [0, 0.1) is 11.2 Å². The lowest BCUT2D eigenvalue weighted by molar-refractivity contribution is -0.138. The SMILES string of the molecule is CNc1nc(N2CCCC3(CCC(=O)N(CCCOC)C3)C2)ncc1F. The first kappa shape index (κ1) is 18.8. The number of halogens is 1. The molecule has 26 heavy (non-hydrogen) atoms. The second kappa shape index (κ2) is 8.16. The number of carbonyl (C=O) groups is 1. The van der Waals surface area contributed by atoms with E-state index in [1.165, 1.54) is 6.20 Å². The molecule has 0 aromatic carbocycles. The quantitative estimate of drug-likeness (QED) is 0.777. The van der Waals surface area contributed by atoms with Crippen LogP contribution in [0.25, 0.3) is 0 Å². The molecule has 2 aliphatic heterocycles. The molecule has 7 nitrogen and oxygen atoms in total. The maximum absolute atomic E-state index is 13.7. The van der Waals surface area contributed by atoms with Crippen molar-refractivity contribution in [1.29, 1.82) is 0 Å². The highest BCUT2D eigenvalue weighted by Crippen LogP contribution is 2.39. The van der Waals surface area contributed by atoms with Gasteiger partial charge in [-0.25, -0.2) is 9.37 Å². The molecule has 0 saturated carbocycles. The first-order valence-corrected chi connectivity index (χ1v) is 9.29. The molecule has 1 spiro atoms. The van der Waals surface area contributed by atoms with Crippen LogP contribution < -0.4 is 10.2 Å². The van der Waals surface area contributed by atoms with Crippen molar-refractivity contribution in [3.05, 3.63) is 12.0 Å². The second-order valence-electron chi connectivity index (χ2n) is 7.30. The van der Waals surface area contributed by atoms with Crippen molar-refractivity contribution in [2.24, 2.45) is 5.41 Å². The third-order valence-electron chi connectivity index (χ3n) is 5.44. The number of amides is 1. The Morgan fingerprint density at radius 3 is 3.00 bits per heavy atom. The number of hydrogen-bond acceptors (Lipinski definition) is 6. The van der Waals surface area contributed by atoms with Crippen LogP contribution >= 0.6 is 0 Å². The predicted octanol–water partition coefficient (Wildman–Crippen LogP) is 1.90. The van der Waals surface area contributed by atoms with Crippen molar-refractivity contribution in [2.75, 3.05) is 57.2 Å². The molecule has 0 aliphatic carbocycles. The van der Waals surface area contributed by atoms with Gasteiger partial charge in [-0.2, -0.15) is 4.98 Å². The summed E-state index contributed by atoms with van der Waals surface area (Å²) in [6.45, 7) is 3.83. The van der Waals surface area contributed by atoms with Crippen LogP contribution in [0.1, 0.15) is 32.1 Å². The number of rotatable bonds is 6. The largest absolute Gasteiger partial charge is 0.385 e. The van der Waals surface area contributed by atoms with Crippen LogP contribution in [0.2, 0.25) is 0 Å². The van der Waals surface area contributed by atoms with Crippen LogP contribution in [0.15, 0.2) is 6.20 Å². The van der Waals surface area contributed by atoms with Gasteiger partial charge in [0, 0.05) is 58.8 Å². The average Bonchev–Trinajstić information content (AvgIpc) is 2.65. The molecule has 3 heterocycles. The molecule has 1 atom stereocenters. The van der Waals surface area contributed by atoms with Crippen LogP contribution in [0.3, 0.4) is 0 Å². The summed E-state index contributed by atoms with van der Waals surface area (Å²) >= 11 is 0. The number of nitrogens with zero attached hydrogens (tertiary/aromatic N) is 4. The molecule has 144 valence electrons. The van der Waals surface area contributed by atoms with Crippen LogP contribution in [0.4, 0.5) is 16.2 Å². The van der Waals surface area contributed by atoms with Crippen LogP contribution in [-0.4, -0.2) is 67.7 Å². The van der Waals surface area contributed by atoms with E-state index in [-0.39, 0.29) is 17.1 Å². The summed E-state index contributed by atoms with van der Waals surface area (Å²) in [7, 11) is 3.33. The third kappa shape index (κ3) is 4.06. The molecule has 1 unspecified atom stereocenters. The molecular formula is C18H28FN5O2. The van der Waals surface area contributed by atoms with Gasteiger partial charge in [-0.3, -0.25) is 4.79 Å². The van der Waals surface area contributed by atoms with Crippen molar-refractivity contribution in [3.8, 4) is 0 Å². The van der Waals surface area contributed by atoms with Crippen molar-refractivity contribution in [1.82, 2.24) is 14.9 Å². The summed E-state index contributed by atoms with van der Waals surface area (Å²) in [5.41, 5.74) is 0.0663. The summed E-state index contributed by atoms with van der Waals surface area (Å²) in [5, 5.41) is 2.77. The molecule has 2 saturated heterocycles. The number of nitrogens with one attached hydrogen (secondary N) is 1. The Hall–Kier alpha value is -1.96. The molecule has 1 N–H and O–H groups in total. The highest BCUT2D eigenvalue weighted by molar-refractivity contribution is 5.77. The highest BCUT2D eigenvalue weighted by Gasteiger charge is 2.42. The van der Waals surface area contributed by atoms with Gasteiger partial charge in [0.25, 0.3) is 0 Å². The molecule has 1 aromatic heterocycles. The van der Waals surface area contributed by atoms with Gasteiger partial charge in [-0.1, -0.05) is 0 Å². The molecule has 0 radical (unpaired) electrons. The smallest absolute Gasteiger partial charge is 0.227 e. The minimum atomic E-state index is -0.449. The molecular weight excluding hydrogens is 337 g/mol. The number of hydrogen-bond donors (Lipinski definition) is 1. The average molecular weight is 365 g/mol. The zero-order chi connectivity index (χ0) is 18.6. The fourth-order valence-corrected chi connectivity index (χ4v) is 4.10. The third-order valence-corrected chi connectivity index (χ3v) is 5.44. The monoisotopic (exact) mass is 365 g/mol. The maximum Gasteiger partial charge on any atom is 0.227 e.